The van der Waals surface area contributed by atoms with Crippen LogP contribution in [0.15, 0.2) is 11.3 Å². The monoisotopic (exact) mass is 333 g/mol. The Bertz CT molecular complexity index is 532. The molecule has 0 aromatic carbocycles. The van der Waals surface area contributed by atoms with Crippen molar-refractivity contribution >= 4 is 22.9 Å². The lowest BCUT2D eigenvalue weighted by molar-refractivity contribution is -0.208. The van der Waals surface area contributed by atoms with Crippen molar-refractivity contribution in [3.05, 3.63) is 11.3 Å². The maximum atomic E-state index is 12.3. The van der Waals surface area contributed by atoms with Gasteiger partial charge in [-0.3, -0.25) is 0 Å². The fourth-order valence-corrected chi connectivity index (χ4v) is 2.60. The van der Waals surface area contributed by atoms with Crippen LogP contribution in [0.3, 0.4) is 0 Å². The summed E-state index contributed by atoms with van der Waals surface area (Å²) in [5, 5.41) is 0. The Hall–Kier alpha value is -1.41. The van der Waals surface area contributed by atoms with Crippen LogP contribution in [0.5, 0.6) is 0 Å². The molecule has 126 valence electrons. The molecule has 0 radical (unpaired) electrons. The molecule has 0 amide bonds. The van der Waals surface area contributed by atoms with Crippen molar-refractivity contribution in [3.8, 4) is 0 Å². The Morgan fingerprint density at radius 2 is 1.86 bits per heavy atom. The summed E-state index contributed by atoms with van der Waals surface area (Å²) in [5.41, 5.74) is -0.0382. The average Bonchev–Trinajstić information content (AvgIpc) is 2.32. The second kappa shape index (κ2) is 6.37. The van der Waals surface area contributed by atoms with Gasteiger partial charge in [0.1, 0.15) is 11.3 Å². The predicted molar refractivity (Wildman–Crippen MR) is 80.8 cm³/mol. The second-order valence-corrected chi connectivity index (χ2v) is 8.31. The molecule has 8 heteroatoms. The first-order chi connectivity index (χ1) is 9.89. The number of carbonyl (C=O) groups excluding carboxylic acids is 2. The summed E-state index contributed by atoms with van der Waals surface area (Å²) < 4.78 is 29.6. The smallest absolute Gasteiger partial charge is 0.342 e. The normalized spacial score (nSPS) is 20.8. The molecule has 2 atom stereocenters. The lowest BCUT2D eigenvalue weighted by atomic mass is 10.1. The van der Waals surface area contributed by atoms with Crippen LogP contribution >= 0.6 is 0 Å². The molecule has 1 aliphatic heterocycles. The summed E-state index contributed by atoms with van der Waals surface area (Å²) in [6, 6.07) is -1.23. The highest BCUT2D eigenvalue weighted by Gasteiger charge is 2.42. The molecule has 0 saturated carbocycles. The highest BCUT2D eigenvalue weighted by atomic mass is 32.2. The Balaban J connectivity index is 3.20. The van der Waals surface area contributed by atoms with E-state index in [1.807, 2.05) is 0 Å². The minimum Gasteiger partial charge on any atom is -0.468 e. The average molecular weight is 333 g/mol. The molecule has 1 unspecified atom stereocenters. The van der Waals surface area contributed by atoms with Crippen LogP contribution in [0.25, 0.3) is 0 Å². The second-order valence-electron chi connectivity index (χ2n) is 6.32. The van der Waals surface area contributed by atoms with Gasteiger partial charge < -0.3 is 14.2 Å². The standard InChI is InChI=1S/C14H23NO6S/c1-8-9(11(16)21-14(5,6)20-8)10(12(17)19-7)15-22(18)13(2,3)4/h10,15H,1-7H3/t10-,22?/m1/s1. The van der Waals surface area contributed by atoms with E-state index in [4.69, 9.17) is 14.2 Å². The van der Waals surface area contributed by atoms with Gasteiger partial charge in [-0.15, -0.1) is 0 Å². The minimum absolute atomic E-state index is 0.0382. The molecule has 0 bridgehead atoms. The predicted octanol–water partition coefficient (Wildman–Crippen LogP) is 1.16. The van der Waals surface area contributed by atoms with Gasteiger partial charge in [-0.25, -0.2) is 18.5 Å². The molecule has 0 aliphatic carbocycles. The lowest BCUT2D eigenvalue weighted by Crippen LogP contribution is -2.50. The molecule has 0 fully saturated rings. The molecule has 7 nitrogen and oxygen atoms in total. The third-order valence-electron chi connectivity index (χ3n) is 2.84. The van der Waals surface area contributed by atoms with Gasteiger partial charge in [0.2, 0.25) is 5.79 Å². The van der Waals surface area contributed by atoms with E-state index in [0.717, 1.165) is 0 Å². The third-order valence-corrected chi connectivity index (χ3v) is 4.41. The molecule has 0 spiro atoms. The number of hydrogen-bond acceptors (Lipinski definition) is 6. The molecule has 1 aliphatic rings. The first-order valence-corrected chi connectivity index (χ1v) is 7.93. The number of ether oxygens (including phenoxy) is 3. The Labute approximate surface area is 133 Å². The molecule has 1 rings (SSSR count). The van der Waals surface area contributed by atoms with Crippen LogP contribution in [-0.2, 0) is 34.8 Å². The van der Waals surface area contributed by atoms with Crippen molar-refractivity contribution in [2.75, 3.05) is 7.11 Å². The topological polar surface area (TPSA) is 90.9 Å². The van der Waals surface area contributed by atoms with Gasteiger partial charge in [-0.2, -0.15) is 0 Å². The summed E-state index contributed by atoms with van der Waals surface area (Å²) in [4.78, 5) is 24.2. The molecule has 22 heavy (non-hydrogen) atoms. The lowest BCUT2D eigenvalue weighted by Gasteiger charge is -2.34. The van der Waals surface area contributed by atoms with E-state index < -0.39 is 39.5 Å². The Kier molecular flexibility index (Phi) is 5.40. The first kappa shape index (κ1) is 18.6. The van der Waals surface area contributed by atoms with Crippen LogP contribution < -0.4 is 4.72 Å². The maximum Gasteiger partial charge on any atom is 0.342 e. The molecule has 0 aromatic heterocycles. The van der Waals surface area contributed by atoms with Gasteiger partial charge >= 0.3 is 11.9 Å². The van der Waals surface area contributed by atoms with Crippen LogP contribution in [0, 0.1) is 0 Å². The van der Waals surface area contributed by atoms with E-state index in [-0.39, 0.29) is 11.3 Å². The zero-order valence-corrected chi connectivity index (χ0v) is 14.8. The zero-order chi connectivity index (χ0) is 17.3. The number of rotatable bonds is 4. The summed E-state index contributed by atoms with van der Waals surface area (Å²) in [7, 11) is -0.402. The number of esters is 2. The fourth-order valence-electron chi connectivity index (χ4n) is 1.81. The van der Waals surface area contributed by atoms with Gasteiger partial charge in [-0.1, -0.05) is 0 Å². The van der Waals surface area contributed by atoms with E-state index in [0.29, 0.717) is 0 Å². The number of nitrogens with one attached hydrogen (secondary N) is 1. The van der Waals surface area contributed by atoms with Crippen molar-refractivity contribution in [2.45, 2.75) is 58.1 Å². The minimum atomic E-state index is -1.59. The van der Waals surface area contributed by atoms with Gasteiger partial charge in [-0.05, 0) is 27.7 Å². The van der Waals surface area contributed by atoms with Crippen molar-refractivity contribution < 1.29 is 28.0 Å². The van der Waals surface area contributed by atoms with Crippen molar-refractivity contribution in [1.82, 2.24) is 4.72 Å². The molecule has 0 saturated heterocycles. The molecular formula is C14H23NO6S. The number of carbonyl (C=O) groups is 2. The Morgan fingerprint density at radius 1 is 1.32 bits per heavy atom. The van der Waals surface area contributed by atoms with Gasteiger partial charge in [0.15, 0.2) is 6.04 Å². The van der Waals surface area contributed by atoms with E-state index in [1.165, 1.54) is 7.11 Å². The Morgan fingerprint density at radius 3 is 2.27 bits per heavy atom. The molecule has 0 aromatic rings. The first-order valence-electron chi connectivity index (χ1n) is 6.78. The van der Waals surface area contributed by atoms with Crippen molar-refractivity contribution in [3.63, 3.8) is 0 Å². The van der Waals surface area contributed by atoms with E-state index in [9.17, 15) is 13.8 Å². The van der Waals surface area contributed by atoms with E-state index >= 15 is 0 Å². The number of cyclic esters (lactones) is 1. The van der Waals surface area contributed by atoms with Crippen LogP contribution in [-0.4, -0.2) is 39.8 Å². The number of allylic oxidation sites excluding steroid dienone is 1. The fraction of sp³-hybridized carbons (Fsp3) is 0.714. The molecular weight excluding hydrogens is 310 g/mol. The van der Waals surface area contributed by atoms with Crippen molar-refractivity contribution in [2.24, 2.45) is 0 Å². The quantitative estimate of drug-likeness (QED) is 0.777. The van der Waals surface area contributed by atoms with Gasteiger partial charge in [0.05, 0.1) is 22.8 Å². The summed E-state index contributed by atoms with van der Waals surface area (Å²) >= 11 is 0. The van der Waals surface area contributed by atoms with Crippen LogP contribution in [0.4, 0.5) is 0 Å². The highest BCUT2D eigenvalue weighted by Crippen LogP contribution is 2.28. The SMILES string of the molecule is COC(=O)[C@H](NS(=O)C(C)(C)C)C1=C(C)OC(C)(C)OC1=O. The summed E-state index contributed by atoms with van der Waals surface area (Å²) in [5.74, 6) is -2.33. The third kappa shape index (κ3) is 4.30. The maximum absolute atomic E-state index is 12.3. The highest BCUT2D eigenvalue weighted by molar-refractivity contribution is 7.84. The van der Waals surface area contributed by atoms with Crippen LogP contribution in [0.2, 0.25) is 0 Å². The largest absolute Gasteiger partial charge is 0.468 e. The number of methoxy groups -OCH3 is 1. The van der Waals surface area contributed by atoms with Crippen molar-refractivity contribution in [1.29, 1.82) is 0 Å². The number of hydrogen-bond donors (Lipinski definition) is 1. The van der Waals surface area contributed by atoms with E-state index in [1.54, 1.807) is 41.5 Å². The van der Waals surface area contributed by atoms with Gasteiger partial charge in [0.25, 0.3) is 0 Å². The molecule has 1 heterocycles. The van der Waals surface area contributed by atoms with E-state index in [2.05, 4.69) is 4.72 Å². The summed E-state index contributed by atoms with van der Waals surface area (Å²) in [6.07, 6.45) is 0. The zero-order valence-electron chi connectivity index (χ0n) is 13.9. The van der Waals surface area contributed by atoms with Crippen LogP contribution in [0.1, 0.15) is 41.5 Å². The molecule has 1 N–H and O–H groups in total. The van der Waals surface area contributed by atoms with Gasteiger partial charge in [0, 0.05) is 13.8 Å². The summed E-state index contributed by atoms with van der Waals surface area (Å²) in [6.45, 7) is 9.94.